The highest BCUT2D eigenvalue weighted by molar-refractivity contribution is 9.10. The van der Waals surface area contributed by atoms with E-state index in [1.807, 2.05) is 0 Å². The average molecular weight is 353 g/mol. The number of nitrogens with two attached hydrogens (primary N) is 1. The molecule has 0 radical (unpaired) electrons. The van der Waals surface area contributed by atoms with Gasteiger partial charge in [-0.2, -0.15) is 0 Å². The van der Waals surface area contributed by atoms with E-state index in [4.69, 9.17) is 5.73 Å². The molecule has 118 valence electrons. The van der Waals surface area contributed by atoms with Crippen LogP contribution in [0.3, 0.4) is 0 Å². The number of benzene rings is 1. The highest BCUT2D eigenvalue weighted by atomic mass is 79.9. The van der Waals surface area contributed by atoms with Gasteiger partial charge in [-0.15, -0.1) is 0 Å². The van der Waals surface area contributed by atoms with E-state index in [1.54, 1.807) is 0 Å². The second-order valence-electron chi connectivity index (χ2n) is 6.95. The van der Waals surface area contributed by atoms with Crippen LogP contribution in [0.1, 0.15) is 52.0 Å². The lowest BCUT2D eigenvalue weighted by molar-refractivity contribution is 0.535. The zero-order valence-electron chi connectivity index (χ0n) is 13.6. The van der Waals surface area contributed by atoms with Crippen molar-refractivity contribution < 1.29 is 0 Å². The van der Waals surface area contributed by atoms with Crippen LogP contribution in [0.25, 0.3) is 0 Å². The highest BCUT2D eigenvalue weighted by Crippen LogP contribution is 2.34. The van der Waals surface area contributed by atoms with Crippen molar-refractivity contribution in [3.63, 3.8) is 0 Å². The van der Waals surface area contributed by atoms with Gasteiger partial charge in [-0.25, -0.2) is 0 Å². The molecule has 0 aliphatic heterocycles. The van der Waals surface area contributed by atoms with Crippen LogP contribution in [0.4, 0.5) is 5.69 Å². The molecular formula is C18H29BrN2. The first-order chi connectivity index (χ1) is 9.97. The van der Waals surface area contributed by atoms with Crippen LogP contribution in [0.15, 0.2) is 22.7 Å². The lowest BCUT2D eigenvalue weighted by Crippen LogP contribution is -2.36. The number of rotatable bonds is 6. The molecule has 1 saturated carbocycles. The van der Waals surface area contributed by atoms with Gasteiger partial charge < -0.3 is 10.6 Å². The second-order valence-corrected chi connectivity index (χ2v) is 7.81. The van der Waals surface area contributed by atoms with Gasteiger partial charge in [-0.3, -0.25) is 0 Å². The Labute approximate surface area is 138 Å². The first-order valence-electron chi connectivity index (χ1n) is 8.28. The van der Waals surface area contributed by atoms with Crippen LogP contribution in [0.5, 0.6) is 0 Å². The Bertz CT molecular complexity index is 451. The van der Waals surface area contributed by atoms with E-state index < -0.39 is 0 Å². The molecule has 2 nitrogen and oxygen atoms in total. The molecule has 3 heteroatoms. The van der Waals surface area contributed by atoms with Crippen molar-refractivity contribution in [1.29, 1.82) is 0 Å². The average Bonchev–Trinajstić information content (AvgIpc) is 2.89. The molecule has 1 atom stereocenters. The smallest absolute Gasteiger partial charge is 0.0513 e. The largest absolute Gasteiger partial charge is 0.367 e. The van der Waals surface area contributed by atoms with Crippen LogP contribution < -0.4 is 10.6 Å². The third-order valence-corrected chi connectivity index (χ3v) is 4.84. The lowest BCUT2D eigenvalue weighted by atomic mass is 10.0. The van der Waals surface area contributed by atoms with Crippen molar-refractivity contribution in [2.75, 3.05) is 11.4 Å². The molecule has 2 rings (SSSR count). The summed E-state index contributed by atoms with van der Waals surface area (Å²) in [7, 11) is 0. The molecule has 2 N–H and O–H groups in total. The second kappa shape index (κ2) is 7.64. The summed E-state index contributed by atoms with van der Waals surface area (Å²) in [6.45, 7) is 7.81. The topological polar surface area (TPSA) is 29.3 Å². The molecule has 0 spiro atoms. The SMILES string of the molecule is CC(C)CN(c1ccc(CC(C)N)cc1Br)C1CCCC1. The zero-order chi connectivity index (χ0) is 15.4. The van der Waals surface area contributed by atoms with Crippen molar-refractivity contribution in [2.45, 2.75) is 65.0 Å². The van der Waals surface area contributed by atoms with Gasteiger partial charge in [0.05, 0.1) is 5.69 Å². The Balaban J connectivity index is 2.22. The van der Waals surface area contributed by atoms with Gasteiger partial charge in [0.1, 0.15) is 0 Å². The normalized spacial score (nSPS) is 17.4. The van der Waals surface area contributed by atoms with Gasteiger partial charge in [0.15, 0.2) is 0 Å². The van der Waals surface area contributed by atoms with E-state index in [0.717, 1.165) is 13.0 Å². The molecule has 0 heterocycles. The summed E-state index contributed by atoms with van der Waals surface area (Å²) in [5, 5.41) is 0. The van der Waals surface area contributed by atoms with Crippen molar-refractivity contribution in [1.82, 2.24) is 0 Å². The maximum Gasteiger partial charge on any atom is 0.0513 e. The minimum Gasteiger partial charge on any atom is -0.367 e. The van der Waals surface area contributed by atoms with E-state index in [1.165, 1.54) is 41.4 Å². The molecule has 0 amide bonds. The van der Waals surface area contributed by atoms with Crippen LogP contribution >= 0.6 is 15.9 Å². The lowest BCUT2D eigenvalue weighted by Gasteiger charge is -2.33. The van der Waals surface area contributed by atoms with Gasteiger partial charge >= 0.3 is 0 Å². The number of halogens is 1. The van der Waals surface area contributed by atoms with Crippen LogP contribution in [0.2, 0.25) is 0 Å². The number of hydrogen-bond donors (Lipinski definition) is 1. The first-order valence-corrected chi connectivity index (χ1v) is 9.07. The third-order valence-electron chi connectivity index (χ3n) is 4.21. The minimum absolute atomic E-state index is 0.212. The van der Waals surface area contributed by atoms with Crippen molar-refractivity contribution >= 4 is 21.6 Å². The molecule has 21 heavy (non-hydrogen) atoms. The van der Waals surface area contributed by atoms with Crippen LogP contribution in [0, 0.1) is 5.92 Å². The maximum absolute atomic E-state index is 5.91. The van der Waals surface area contributed by atoms with E-state index in [-0.39, 0.29) is 6.04 Å². The van der Waals surface area contributed by atoms with Gasteiger partial charge in [-0.05, 0) is 65.7 Å². The predicted octanol–water partition coefficient (Wildman–Crippen LogP) is 4.74. The molecule has 1 aromatic rings. The standard InChI is InChI=1S/C18H29BrN2/c1-13(2)12-21(16-6-4-5-7-16)18-9-8-15(10-14(3)20)11-17(18)19/h8-9,11,13-14,16H,4-7,10,12,20H2,1-3H3. The predicted molar refractivity (Wildman–Crippen MR) is 95.9 cm³/mol. The summed E-state index contributed by atoms with van der Waals surface area (Å²) in [5.74, 6) is 0.682. The molecule has 0 bridgehead atoms. The maximum atomic E-state index is 5.91. The Morgan fingerprint density at radius 2 is 1.90 bits per heavy atom. The Morgan fingerprint density at radius 1 is 1.24 bits per heavy atom. The fourth-order valence-corrected chi connectivity index (χ4v) is 3.99. The number of anilines is 1. The molecule has 0 aromatic heterocycles. The van der Waals surface area contributed by atoms with Gasteiger partial charge in [-0.1, -0.05) is 32.8 Å². The van der Waals surface area contributed by atoms with E-state index >= 15 is 0 Å². The summed E-state index contributed by atoms with van der Waals surface area (Å²) < 4.78 is 1.22. The fraction of sp³-hybridized carbons (Fsp3) is 0.667. The van der Waals surface area contributed by atoms with Crippen molar-refractivity contribution in [3.8, 4) is 0 Å². The summed E-state index contributed by atoms with van der Waals surface area (Å²) in [6, 6.07) is 7.70. The van der Waals surface area contributed by atoms with E-state index in [9.17, 15) is 0 Å². The molecule has 1 aliphatic carbocycles. The van der Waals surface area contributed by atoms with Crippen LogP contribution in [-0.2, 0) is 6.42 Å². The Kier molecular flexibility index (Phi) is 6.12. The summed E-state index contributed by atoms with van der Waals surface area (Å²) >= 11 is 3.79. The van der Waals surface area contributed by atoms with Crippen LogP contribution in [-0.4, -0.2) is 18.6 Å². The monoisotopic (exact) mass is 352 g/mol. The quantitative estimate of drug-likeness (QED) is 0.800. The van der Waals surface area contributed by atoms with Gasteiger partial charge in [0, 0.05) is 23.1 Å². The molecular weight excluding hydrogens is 324 g/mol. The summed E-state index contributed by atoms with van der Waals surface area (Å²) in [6.07, 6.45) is 6.35. The molecule has 1 fully saturated rings. The van der Waals surface area contributed by atoms with Gasteiger partial charge in [0.2, 0.25) is 0 Å². The number of nitrogens with zero attached hydrogens (tertiary/aromatic N) is 1. The summed E-state index contributed by atoms with van der Waals surface area (Å²) in [5.41, 5.74) is 8.58. The third kappa shape index (κ3) is 4.72. The molecule has 1 aliphatic rings. The van der Waals surface area contributed by atoms with E-state index in [2.05, 4.69) is 59.8 Å². The first kappa shape index (κ1) is 16.8. The molecule has 1 unspecified atom stereocenters. The number of hydrogen-bond acceptors (Lipinski definition) is 2. The highest BCUT2D eigenvalue weighted by Gasteiger charge is 2.24. The fourth-order valence-electron chi connectivity index (χ4n) is 3.34. The minimum atomic E-state index is 0.212. The zero-order valence-corrected chi connectivity index (χ0v) is 15.2. The van der Waals surface area contributed by atoms with Crippen molar-refractivity contribution in [2.24, 2.45) is 11.7 Å². The Morgan fingerprint density at radius 3 is 2.43 bits per heavy atom. The Hall–Kier alpha value is -0.540. The van der Waals surface area contributed by atoms with Gasteiger partial charge in [0.25, 0.3) is 0 Å². The van der Waals surface area contributed by atoms with Crippen molar-refractivity contribution in [3.05, 3.63) is 28.2 Å². The summed E-state index contributed by atoms with van der Waals surface area (Å²) in [4.78, 5) is 2.62. The molecule has 1 aromatic carbocycles. The molecule has 0 saturated heterocycles. The van der Waals surface area contributed by atoms with E-state index in [0.29, 0.717) is 12.0 Å².